The highest BCUT2D eigenvalue weighted by molar-refractivity contribution is 7.80. The Morgan fingerprint density at radius 1 is 1.09 bits per heavy atom. The number of thiocarbonyl (C=S) groups is 1. The number of benzene rings is 1. The highest BCUT2D eigenvalue weighted by Gasteiger charge is 2.06. The minimum Gasteiger partial charge on any atom is -0.395 e. The van der Waals surface area contributed by atoms with E-state index in [0.29, 0.717) is 11.7 Å². The number of aliphatic hydroxyl groups excluding tert-OH is 1. The van der Waals surface area contributed by atoms with E-state index in [4.69, 9.17) is 17.3 Å². The van der Waals surface area contributed by atoms with Gasteiger partial charge in [-0.1, -0.05) is 63.3 Å². The van der Waals surface area contributed by atoms with Crippen LogP contribution in [0.3, 0.4) is 0 Å². The summed E-state index contributed by atoms with van der Waals surface area (Å²) in [5.74, 6) is 0. The normalized spacial score (nSPS) is 12.0. The van der Waals surface area contributed by atoms with Gasteiger partial charge in [0.05, 0.1) is 12.6 Å². The molecule has 0 aliphatic heterocycles. The van der Waals surface area contributed by atoms with Crippen LogP contribution in [0.5, 0.6) is 0 Å². The van der Waals surface area contributed by atoms with E-state index in [0.717, 1.165) is 0 Å². The van der Waals surface area contributed by atoms with Gasteiger partial charge in [0, 0.05) is 6.54 Å². The molecule has 130 valence electrons. The zero-order valence-corrected chi connectivity index (χ0v) is 15.4. The van der Waals surface area contributed by atoms with Crippen LogP contribution < -0.4 is 10.6 Å². The van der Waals surface area contributed by atoms with E-state index in [-0.39, 0.29) is 12.6 Å². The standard InChI is InChI=1S/C19H32N2OS/c1-3-4-5-6-7-8-9-17-10-12-18(13-11-17)16(2)21-19(23)20-14-15-22/h10-13,16,22H,3-9,14-15H2,1-2H3,(H2,20,21,23). The molecule has 3 N–H and O–H groups in total. The van der Waals surface area contributed by atoms with Crippen molar-refractivity contribution in [1.29, 1.82) is 0 Å². The third-order valence-electron chi connectivity index (χ3n) is 4.04. The highest BCUT2D eigenvalue weighted by atomic mass is 32.1. The fourth-order valence-electron chi connectivity index (χ4n) is 2.58. The lowest BCUT2D eigenvalue weighted by molar-refractivity contribution is 0.300. The summed E-state index contributed by atoms with van der Waals surface area (Å²) in [5, 5.41) is 15.6. The Labute approximate surface area is 146 Å². The molecule has 4 heteroatoms. The maximum absolute atomic E-state index is 8.78. The van der Waals surface area contributed by atoms with Crippen LogP contribution in [0.4, 0.5) is 0 Å². The molecule has 0 aliphatic carbocycles. The Morgan fingerprint density at radius 2 is 1.74 bits per heavy atom. The molecule has 0 heterocycles. The Hall–Kier alpha value is -1.13. The molecule has 0 saturated carbocycles. The summed E-state index contributed by atoms with van der Waals surface area (Å²) in [6, 6.07) is 8.97. The summed E-state index contributed by atoms with van der Waals surface area (Å²) in [4.78, 5) is 0. The van der Waals surface area contributed by atoms with Crippen LogP contribution in [0.15, 0.2) is 24.3 Å². The Balaban J connectivity index is 2.30. The van der Waals surface area contributed by atoms with Gasteiger partial charge < -0.3 is 15.7 Å². The third kappa shape index (κ3) is 8.92. The first kappa shape index (κ1) is 19.9. The topological polar surface area (TPSA) is 44.3 Å². The van der Waals surface area contributed by atoms with E-state index in [9.17, 15) is 0 Å². The Bertz CT molecular complexity index is 434. The lowest BCUT2D eigenvalue weighted by atomic mass is 10.0. The first-order chi connectivity index (χ1) is 11.2. The largest absolute Gasteiger partial charge is 0.395 e. The van der Waals surface area contributed by atoms with E-state index in [2.05, 4.69) is 48.7 Å². The van der Waals surface area contributed by atoms with E-state index < -0.39 is 0 Å². The lowest BCUT2D eigenvalue weighted by Crippen LogP contribution is -2.38. The molecule has 0 spiro atoms. The zero-order valence-electron chi connectivity index (χ0n) is 14.6. The van der Waals surface area contributed by atoms with E-state index in [1.807, 2.05) is 0 Å². The second kappa shape index (κ2) is 12.3. The molecule has 3 nitrogen and oxygen atoms in total. The predicted octanol–water partition coefficient (Wildman–Crippen LogP) is 4.11. The summed E-state index contributed by atoms with van der Waals surface area (Å²) >= 11 is 5.19. The van der Waals surface area contributed by atoms with Gasteiger partial charge in [-0.15, -0.1) is 0 Å². The van der Waals surface area contributed by atoms with Crippen molar-refractivity contribution in [3.05, 3.63) is 35.4 Å². The molecule has 0 aromatic heterocycles. The molecule has 0 radical (unpaired) electrons. The molecular weight excluding hydrogens is 304 g/mol. The average molecular weight is 337 g/mol. The Morgan fingerprint density at radius 3 is 2.39 bits per heavy atom. The lowest BCUT2D eigenvalue weighted by Gasteiger charge is -2.17. The molecule has 0 fully saturated rings. The summed E-state index contributed by atoms with van der Waals surface area (Å²) < 4.78 is 0. The van der Waals surface area contributed by atoms with Crippen molar-refractivity contribution in [3.8, 4) is 0 Å². The highest BCUT2D eigenvalue weighted by Crippen LogP contribution is 2.15. The van der Waals surface area contributed by atoms with Crippen LogP contribution in [0.25, 0.3) is 0 Å². The smallest absolute Gasteiger partial charge is 0.166 e. The molecule has 0 aliphatic rings. The fraction of sp³-hybridized carbons (Fsp3) is 0.632. The van der Waals surface area contributed by atoms with Crippen LogP contribution >= 0.6 is 12.2 Å². The maximum Gasteiger partial charge on any atom is 0.166 e. The predicted molar refractivity (Wildman–Crippen MR) is 103 cm³/mol. The van der Waals surface area contributed by atoms with Gasteiger partial charge in [0.15, 0.2) is 5.11 Å². The van der Waals surface area contributed by atoms with Crippen LogP contribution in [0.2, 0.25) is 0 Å². The van der Waals surface area contributed by atoms with Gasteiger partial charge in [-0.25, -0.2) is 0 Å². The van der Waals surface area contributed by atoms with Crippen molar-refractivity contribution >= 4 is 17.3 Å². The number of unbranched alkanes of at least 4 members (excludes halogenated alkanes) is 5. The summed E-state index contributed by atoms with van der Waals surface area (Å²) in [6.45, 7) is 4.92. The van der Waals surface area contributed by atoms with E-state index >= 15 is 0 Å². The molecular formula is C19H32N2OS. The summed E-state index contributed by atoms with van der Waals surface area (Å²) in [7, 11) is 0. The third-order valence-corrected chi connectivity index (χ3v) is 4.31. The first-order valence-corrected chi connectivity index (χ1v) is 9.32. The van der Waals surface area contributed by atoms with Gasteiger partial charge in [0.25, 0.3) is 0 Å². The number of aryl methyl sites for hydroxylation is 1. The minimum absolute atomic E-state index is 0.0866. The van der Waals surface area contributed by atoms with Crippen molar-refractivity contribution < 1.29 is 5.11 Å². The molecule has 23 heavy (non-hydrogen) atoms. The van der Waals surface area contributed by atoms with Crippen LogP contribution in [0, 0.1) is 0 Å². The molecule has 1 rings (SSSR count). The van der Waals surface area contributed by atoms with Gasteiger partial charge in [-0.05, 0) is 43.1 Å². The molecule has 0 amide bonds. The van der Waals surface area contributed by atoms with Gasteiger partial charge in [0.1, 0.15) is 0 Å². The zero-order chi connectivity index (χ0) is 16.9. The molecule has 0 saturated heterocycles. The average Bonchev–Trinajstić information content (AvgIpc) is 2.56. The molecule has 1 atom stereocenters. The number of aliphatic hydroxyl groups is 1. The van der Waals surface area contributed by atoms with Crippen LogP contribution in [0.1, 0.15) is 69.5 Å². The van der Waals surface area contributed by atoms with Gasteiger partial charge in [-0.2, -0.15) is 0 Å². The molecule has 0 bridgehead atoms. The number of hydrogen-bond acceptors (Lipinski definition) is 2. The molecule has 1 aromatic rings. The quantitative estimate of drug-likeness (QED) is 0.420. The van der Waals surface area contributed by atoms with Crippen molar-refractivity contribution in [2.24, 2.45) is 0 Å². The van der Waals surface area contributed by atoms with Crippen molar-refractivity contribution in [2.75, 3.05) is 13.2 Å². The van der Waals surface area contributed by atoms with Crippen molar-refractivity contribution in [1.82, 2.24) is 10.6 Å². The Kier molecular flexibility index (Phi) is 10.7. The molecule has 1 aromatic carbocycles. The second-order valence-electron chi connectivity index (χ2n) is 6.10. The fourth-order valence-corrected chi connectivity index (χ4v) is 2.86. The monoisotopic (exact) mass is 336 g/mol. The SMILES string of the molecule is CCCCCCCCc1ccc(C(C)NC(=S)NCCO)cc1. The first-order valence-electron chi connectivity index (χ1n) is 8.91. The van der Waals surface area contributed by atoms with Gasteiger partial charge in [-0.3, -0.25) is 0 Å². The molecule has 1 unspecified atom stereocenters. The van der Waals surface area contributed by atoms with Crippen molar-refractivity contribution in [2.45, 2.75) is 64.8 Å². The number of hydrogen-bond donors (Lipinski definition) is 3. The number of nitrogens with one attached hydrogen (secondary N) is 2. The maximum atomic E-state index is 8.78. The number of rotatable bonds is 11. The van der Waals surface area contributed by atoms with Crippen molar-refractivity contribution in [3.63, 3.8) is 0 Å². The van der Waals surface area contributed by atoms with E-state index in [1.54, 1.807) is 0 Å². The second-order valence-corrected chi connectivity index (χ2v) is 6.51. The minimum atomic E-state index is 0.0866. The van der Waals surface area contributed by atoms with Crippen LogP contribution in [-0.2, 0) is 6.42 Å². The van der Waals surface area contributed by atoms with E-state index in [1.165, 1.54) is 56.1 Å². The van der Waals surface area contributed by atoms with Gasteiger partial charge in [0.2, 0.25) is 0 Å². The summed E-state index contributed by atoms with van der Waals surface area (Å²) in [6.07, 6.45) is 9.22. The summed E-state index contributed by atoms with van der Waals surface area (Å²) in [5.41, 5.74) is 2.64. The van der Waals surface area contributed by atoms with Crippen LogP contribution in [-0.4, -0.2) is 23.4 Å². The van der Waals surface area contributed by atoms with Gasteiger partial charge >= 0.3 is 0 Å².